The maximum Gasteiger partial charge on any atom is 0.0947 e. The summed E-state index contributed by atoms with van der Waals surface area (Å²) in [5, 5.41) is 0. The Labute approximate surface area is 91.9 Å². The number of hydrogen-bond donors (Lipinski definition) is 0. The molecule has 0 N–H and O–H groups in total. The Hall–Kier alpha value is -0.860. The van der Waals surface area contributed by atoms with Gasteiger partial charge in [-0.15, -0.1) is 0 Å². The molecule has 1 aliphatic heterocycles. The van der Waals surface area contributed by atoms with Gasteiger partial charge in [-0.05, 0) is 31.5 Å². The Balaban J connectivity index is 1.97. The van der Waals surface area contributed by atoms with E-state index in [4.69, 9.17) is 4.74 Å². The minimum Gasteiger partial charge on any atom is -0.375 e. The van der Waals surface area contributed by atoms with E-state index in [9.17, 15) is 0 Å². The van der Waals surface area contributed by atoms with Gasteiger partial charge in [-0.1, -0.05) is 30.3 Å². The zero-order chi connectivity index (χ0) is 10.5. The Morgan fingerprint density at radius 2 is 1.87 bits per heavy atom. The molecule has 2 rings (SSSR count). The summed E-state index contributed by atoms with van der Waals surface area (Å²) in [6.45, 7) is 3.49. The molecule has 0 radical (unpaired) electrons. The summed E-state index contributed by atoms with van der Waals surface area (Å²) in [6, 6.07) is 10.5. The van der Waals surface area contributed by atoms with Crippen LogP contribution in [0.1, 0.15) is 24.5 Å². The van der Waals surface area contributed by atoms with E-state index in [0.717, 1.165) is 6.54 Å². The van der Waals surface area contributed by atoms with E-state index in [2.05, 4.69) is 29.2 Å². The fourth-order valence-electron chi connectivity index (χ4n) is 2.18. The van der Waals surface area contributed by atoms with Crippen LogP contribution in [0.5, 0.6) is 0 Å². The third-order valence-electron chi connectivity index (χ3n) is 3.08. The molecule has 1 atom stereocenters. The molecule has 0 spiro atoms. The first-order valence-electron chi connectivity index (χ1n) is 5.70. The second-order valence-corrected chi connectivity index (χ2v) is 4.14. The first-order chi connectivity index (χ1) is 7.40. The minimum absolute atomic E-state index is 0.226. The number of benzene rings is 1. The minimum atomic E-state index is 0.226. The van der Waals surface area contributed by atoms with Crippen molar-refractivity contribution in [2.75, 3.05) is 26.7 Å². The molecule has 0 amide bonds. The molecule has 0 aromatic heterocycles. The predicted octanol–water partition coefficient (Wildman–Crippen LogP) is 2.47. The third kappa shape index (κ3) is 2.80. The normalized spacial score (nSPS) is 19.3. The first kappa shape index (κ1) is 10.7. The van der Waals surface area contributed by atoms with Gasteiger partial charge in [0.25, 0.3) is 0 Å². The van der Waals surface area contributed by atoms with E-state index < -0.39 is 0 Å². The molecule has 0 aliphatic carbocycles. The van der Waals surface area contributed by atoms with Crippen molar-refractivity contribution in [2.24, 2.45) is 0 Å². The van der Waals surface area contributed by atoms with E-state index in [1.807, 2.05) is 6.07 Å². The largest absolute Gasteiger partial charge is 0.375 e. The van der Waals surface area contributed by atoms with E-state index in [1.165, 1.54) is 31.5 Å². The van der Waals surface area contributed by atoms with Crippen LogP contribution in [0.25, 0.3) is 0 Å². The van der Waals surface area contributed by atoms with Crippen LogP contribution in [0, 0.1) is 0 Å². The zero-order valence-corrected chi connectivity index (χ0v) is 9.36. The summed E-state index contributed by atoms with van der Waals surface area (Å²) in [4.78, 5) is 2.49. The molecule has 0 saturated carbocycles. The molecular weight excluding hydrogens is 186 g/mol. The highest BCUT2D eigenvalue weighted by atomic mass is 16.5. The topological polar surface area (TPSA) is 12.5 Å². The summed E-state index contributed by atoms with van der Waals surface area (Å²) in [5.41, 5.74) is 1.28. The average molecular weight is 205 g/mol. The highest BCUT2D eigenvalue weighted by Crippen LogP contribution is 2.19. The van der Waals surface area contributed by atoms with Gasteiger partial charge in [0.15, 0.2) is 0 Å². The van der Waals surface area contributed by atoms with Crippen molar-refractivity contribution >= 4 is 0 Å². The summed E-state index contributed by atoms with van der Waals surface area (Å²) in [5.74, 6) is 0. The van der Waals surface area contributed by atoms with Gasteiger partial charge in [0.2, 0.25) is 0 Å². The Morgan fingerprint density at radius 1 is 1.20 bits per heavy atom. The number of methoxy groups -OCH3 is 1. The maximum absolute atomic E-state index is 5.56. The van der Waals surface area contributed by atoms with Crippen molar-refractivity contribution in [2.45, 2.75) is 18.9 Å². The van der Waals surface area contributed by atoms with Crippen LogP contribution < -0.4 is 0 Å². The highest BCUT2D eigenvalue weighted by Gasteiger charge is 2.18. The van der Waals surface area contributed by atoms with Gasteiger partial charge in [0.05, 0.1) is 6.10 Å². The standard InChI is InChI=1S/C13H19NO/c1-15-13(11-14-9-5-6-10-14)12-7-3-2-4-8-12/h2-4,7-8,13H,5-6,9-11H2,1H3. The Morgan fingerprint density at radius 3 is 2.47 bits per heavy atom. The first-order valence-corrected chi connectivity index (χ1v) is 5.70. The molecule has 1 aliphatic rings. The lowest BCUT2D eigenvalue weighted by molar-refractivity contribution is 0.0710. The van der Waals surface area contributed by atoms with E-state index in [1.54, 1.807) is 7.11 Å². The number of ether oxygens (including phenoxy) is 1. The summed E-state index contributed by atoms with van der Waals surface area (Å²) >= 11 is 0. The predicted molar refractivity (Wildman–Crippen MR) is 61.9 cm³/mol. The van der Waals surface area contributed by atoms with Gasteiger partial charge in [0.1, 0.15) is 0 Å². The van der Waals surface area contributed by atoms with Gasteiger partial charge >= 0.3 is 0 Å². The lowest BCUT2D eigenvalue weighted by atomic mass is 10.1. The monoisotopic (exact) mass is 205 g/mol. The smallest absolute Gasteiger partial charge is 0.0947 e. The van der Waals surface area contributed by atoms with Gasteiger partial charge < -0.3 is 9.64 Å². The van der Waals surface area contributed by atoms with Crippen molar-refractivity contribution in [3.8, 4) is 0 Å². The van der Waals surface area contributed by atoms with Crippen LogP contribution in [0.2, 0.25) is 0 Å². The fourth-order valence-corrected chi connectivity index (χ4v) is 2.18. The van der Waals surface area contributed by atoms with Gasteiger partial charge in [-0.2, -0.15) is 0 Å². The van der Waals surface area contributed by atoms with E-state index in [-0.39, 0.29) is 6.10 Å². The fraction of sp³-hybridized carbons (Fsp3) is 0.538. The second-order valence-electron chi connectivity index (χ2n) is 4.14. The average Bonchev–Trinajstić information content (AvgIpc) is 2.80. The molecule has 2 heteroatoms. The van der Waals surface area contributed by atoms with Gasteiger partial charge in [-0.3, -0.25) is 0 Å². The van der Waals surface area contributed by atoms with Crippen LogP contribution in [-0.2, 0) is 4.74 Å². The molecule has 0 bridgehead atoms. The van der Waals surface area contributed by atoms with Crippen LogP contribution in [-0.4, -0.2) is 31.6 Å². The number of rotatable bonds is 4. The zero-order valence-electron chi connectivity index (χ0n) is 9.36. The molecule has 15 heavy (non-hydrogen) atoms. The second kappa shape index (κ2) is 5.29. The summed E-state index contributed by atoms with van der Waals surface area (Å²) in [6.07, 6.45) is 2.90. The van der Waals surface area contributed by atoms with Gasteiger partial charge in [-0.25, -0.2) is 0 Å². The molecule has 82 valence electrons. The molecular formula is C13H19NO. The quantitative estimate of drug-likeness (QED) is 0.748. The molecule has 2 nitrogen and oxygen atoms in total. The molecule has 1 heterocycles. The lowest BCUT2D eigenvalue weighted by Crippen LogP contribution is -2.26. The molecule has 1 unspecified atom stereocenters. The van der Waals surface area contributed by atoms with Crippen LogP contribution in [0.15, 0.2) is 30.3 Å². The molecule has 1 aromatic rings. The molecule has 1 aromatic carbocycles. The van der Waals surface area contributed by atoms with Crippen molar-refractivity contribution in [3.63, 3.8) is 0 Å². The number of hydrogen-bond acceptors (Lipinski definition) is 2. The maximum atomic E-state index is 5.56. The Bertz CT molecular complexity index is 280. The van der Waals surface area contributed by atoms with Crippen molar-refractivity contribution in [1.82, 2.24) is 4.90 Å². The number of nitrogens with zero attached hydrogens (tertiary/aromatic N) is 1. The molecule has 1 saturated heterocycles. The van der Waals surface area contributed by atoms with Crippen molar-refractivity contribution < 1.29 is 4.74 Å². The van der Waals surface area contributed by atoms with Crippen molar-refractivity contribution in [3.05, 3.63) is 35.9 Å². The van der Waals surface area contributed by atoms with E-state index in [0.29, 0.717) is 0 Å². The third-order valence-corrected chi connectivity index (χ3v) is 3.08. The number of likely N-dealkylation sites (tertiary alicyclic amines) is 1. The van der Waals surface area contributed by atoms with Gasteiger partial charge in [0, 0.05) is 13.7 Å². The highest BCUT2D eigenvalue weighted by molar-refractivity contribution is 5.17. The van der Waals surface area contributed by atoms with Crippen LogP contribution >= 0.6 is 0 Å². The van der Waals surface area contributed by atoms with Crippen LogP contribution in [0.3, 0.4) is 0 Å². The van der Waals surface area contributed by atoms with E-state index >= 15 is 0 Å². The SMILES string of the molecule is COC(CN1CCCC1)c1ccccc1. The summed E-state index contributed by atoms with van der Waals surface area (Å²) in [7, 11) is 1.80. The van der Waals surface area contributed by atoms with Crippen LogP contribution in [0.4, 0.5) is 0 Å². The van der Waals surface area contributed by atoms with Crippen molar-refractivity contribution in [1.29, 1.82) is 0 Å². The summed E-state index contributed by atoms with van der Waals surface area (Å²) < 4.78 is 5.56. The Kier molecular flexibility index (Phi) is 3.75. The lowest BCUT2D eigenvalue weighted by Gasteiger charge is -2.22. The molecule has 1 fully saturated rings.